The van der Waals surface area contributed by atoms with Crippen molar-refractivity contribution in [2.75, 3.05) is 11.9 Å². The molecular weight excluding hydrogens is 208 g/mol. The van der Waals surface area contributed by atoms with Gasteiger partial charge in [-0.1, -0.05) is 0 Å². The van der Waals surface area contributed by atoms with Crippen LogP contribution in [0.4, 0.5) is 5.13 Å². The molecule has 3 rings (SSSR count). The van der Waals surface area contributed by atoms with Crippen LogP contribution in [0, 0.1) is 5.92 Å². The minimum Gasteiger partial charge on any atom is -0.360 e. The fourth-order valence-electron chi connectivity index (χ4n) is 2.00. The van der Waals surface area contributed by atoms with Crippen LogP contribution < -0.4 is 11.1 Å². The number of hydrogen-bond donors (Lipinski definition) is 2. The molecule has 15 heavy (non-hydrogen) atoms. The van der Waals surface area contributed by atoms with E-state index >= 15 is 0 Å². The van der Waals surface area contributed by atoms with Crippen LogP contribution in [0.15, 0.2) is 0 Å². The largest absolute Gasteiger partial charge is 0.360 e. The molecule has 0 atom stereocenters. The van der Waals surface area contributed by atoms with Crippen molar-refractivity contribution in [3.63, 3.8) is 0 Å². The Hall–Kier alpha value is -0.680. The van der Waals surface area contributed by atoms with Crippen LogP contribution in [0.1, 0.15) is 37.4 Å². The molecule has 1 heterocycles. The van der Waals surface area contributed by atoms with E-state index in [0.717, 1.165) is 36.3 Å². The molecular formula is C10H16N4S. The smallest absolute Gasteiger partial charge is 0.202 e. The molecule has 2 fully saturated rings. The lowest BCUT2D eigenvalue weighted by Crippen LogP contribution is -2.39. The molecule has 0 aromatic carbocycles. The molecule has 2 aliphatic rings. The average molecular weight is 224 g/mol. The Balaban J connectivity index is 1.49. The zero-order valence-electron chi connectivity index (χ0n) is 8.65. The zero-order valence-corrected chi connectivity index (χ0v) is 9.46. The SMILES string of the molecule is NC1CC(CNc2nc(C3CC3)ns2)C1. The summed E-state index contributed by atoms with van der Waals surface area (Å²) in [4.78, 5) is 4.49. The summed E-state index contributed by atoms with van der Waals surface area (Å²) < 4.78 is 4.36. The van der Waals surface area contributed by atoms with E-state index in [9.17, 15) is 0 Å². The quantitative estimate of drug-likeness (QED) is 0.814. The molecule has 0 amide bonds. The molecule has 1 aromatic heterocycles. The number of aromatic nitrogens is 2. The molecule has 0 radical (unpaired) electrons. The van der Waals surface area contributed by atoms with E-state index in [-0.39, 0.29) is 0 Å². The van der Waals surface area contributed by atoms with E-state index in [2.05, 4.69) is 14.7 Å². The fourth-order valence-corrected chi connectivity index (χ4v) is 2.65. The van der Waals surface area contributed by atoms with Gasteiger partial charge in [0.15, 0.2) is 0 Å². The highest BCUT2D eigenvalue weighted by Gasteiger charge is 2.28. The van der Waals surface area contributed by atoms with Gasteiger partial charge in [0.25, 0.3) is 0 Å². The van der Waals surface area contributed by atoms with E-state index in [1.54, 1.807) is 0 Å². The van der Waals surface area contributed by atoms with E-state index in [1.807, 2.05) is 0 Å². The minimum absolute atomic E-state index is 0.438. The molecule has 4 nitrogen and oxygen atoms in total. The number of anilines is 1. The molecule has 1 aromatic rings. The first-order chi connectivity index (χ1) is 7.31. The normalized spacial score (nSPS) is 29.9. The maximum atomic E-state index is 5.74. The topological polar surface area (TPSA) is 63.8 Å². The fraction of sp³-hybridized carbons (Fsp3) is 0.800. The number of hydrogen-bond acceptors (Lipinski definition) is 5. The third kappa shape index (κ3) is 2.13. The summed E-state index contributed by atoms with van der Waals surface area (Å²) >= 11 is 1.49. The van der Waals surface area contributed by atoms with Gasteiger partial charge in [-0.15, -0.1) is 0 Å². The number of nitrogens with two attached hydrogens (primary N) is 1. The highest BCUT2D eigenvalue weighted by Crippen LogP contribution is 2.39. The molecule has 2 aliphatic carbocycles. The lowest BCUT2D eigenvalue weighted by Gasteiger charge is -2.32. The van der Waals surface area contributed by atoms with Gasteiger partial charge in [0, 0.05) is 30.0 Å². The standard InChI is InChI=1S/C10H16N4S/c11-8-3-6(4-8)5-12-10-13-9(14-15-10)7-1-2-7/h6-8H,1-5,11H2,(H,12,13,14). The van der Waals surface area contributed by atoms with Crippen molar-refractivity contribution in [2.45, 2.75) is 37.6 Å². The van der Waals surface area contributed by atoms with Gasteiger partial charge in [0.05, 0.1) is 0 Å². The first kappa shape index (κ1) is 9.54. The van der Waals surface area contributed by atoms with Crippen LogP contribution >= 0.6 is 11.5 Å². The van der Waals surface area contributed by atoms with Crippen LogP contribution in [0.25, 0.3) is 0 Å². The van der Waals surface area contributed by atoms with Gasteiger partial charge in [-0.2, -0.15) is 4.37 Å². The monoisotopic (exact) mass is 224 g/mol. The van der Waals surface area contributed by atoms with Crippen molar-refractivity contribution in [1.82, 2.24) is 9.36 Å². The Morgan fingerprint density at radius 2 is 2.20 bits per heavy atom. The first-order valence-corrected chi connectivity index (χ1v) is 6.41. The van der Waals surface area contributed by atoms with Crippen molar-refractivity contribution in [3.05, 3.63) is 5.82 Å². The molecule has 0 aliphatic heterocycles. The van der Waals surface area contributed by atoms with E-state index in [0.29, 0.717) is 12.0 Å². The predicted octanol–water partition coefficient (Wildman–Crippen LogP) is 1.56. The lowest BCUT2D eigenvalue weighted by atomic mass is 9.81. The van der Waals surface area contributed by atoms with Crippen LogP contribution in [0.3, 0.4) is 0 Å². The Morgan fingerprint density at radius 1 is 1.40 bits per heavy atom. The average Bonchev–Trinajstić information content (AvgIpc) is 2.92. The first-order valence-electron chi connectivity index (χ1n) is 5.64. The van der Waals surface area contributed by atoms with Crippen molar-refractivity contribution in [3.8, 4) is 0 Å². The molecule has 0 unspecified atom stereocenters. The number of nitrogens with zero attached hydrogens (tertiary/aromatic N) is 2. The van der Waals surface area contributed by atoms with Crippen LogP contribution in [-0.2, 0) is 0 Å². The van der Waals surface area contributed by atoms with Gasteiger partial charge >= 0.3 is 0 Å². The van der Waals surface area contributed by atoms with Crippen molar-refractivity contribution in [2.24, 2.45) is 11.7 Å². The van der Waals surface area contributed by atoms with Crippen molar-refractivity contribution < 1.29 is 0 Å². The maximum Gasteiger partial charge on any atom is 0.202 e. The van der Waals surface area contributed by atoms with Crippen LogP contribution in [0.5, 0.6) is 0 Å². The zero-order chi connectivity index (χ0) is 10.3. The molecule has 5 heteroatoms. The second kappa shape index (κ2) is 3.72. The van der Waals surface area contributed by atoms with Gasteiger partial charge in [0.2, 0.25) is 5.13 Å². The minimum atomic E-state index is 0.438. The second-order valence-electron chi connectivity index (χ2n) is 4.71. The number of rotatable bonds is 4. The summed E-state index contributed by atoms with van der Waals surface area (Å²) in [6.45, 7) is 1.01. The molecule has 2 saturated carbocycles. The molecule has 0 saturated heterocycles. The lowest BCUT2D eigenvalue weighted by molar-refractivity contribution is 0.280. The third-order valence-electron chi connectivity index (χ3n) is 3.20. The number of nitrogens with one attached hydrogen (secondary N) is 1. The van der Waals surface area contributed by atoms with E-state index < -0.39 is 0 Å². The molecule has 82 valence electrons. The Morgan fingerprint density at radius 3 is 2.87 bits per heavy atom. The van der Waals surface area contributed by atoms with Crippen molar-refractivity contribution >= 4 is 16.7 Å². The van der Waals surface area contributed by atoms with E-state index in [1.165, 1.54) is 24.4 Å². The highest BCUT2D eigenvalue weighted by molar-refractivity contribution is 7.09. The Labute approximate surface area is 93.4 Å². The molecule has 0 bridgehead atoms. The summed E-state index contributed by atoms with van der Waals surface area (Å²) in [7, 11) is 0. The Bertz CT molecular complexity index is 341. The summed E-state index contributed by atoms with van der Waals surface area (Å²) in [5.41, 5.74) is 5.74. The third-order valence-corrected chi connectivity index (χ3v) is 3.89. The van der Waals surface area contributed by atoms with Crippen molar-refractivity contribution in [1.29, 1.82) is 0 Å². The summed E-state index contributed by atoms with van der Waals surface area (Å²) in [5, 5.41) is 4.34. The maximum absolute atomic E-state index is 5.74. The van der Waals surface area contributed by atoms with Gasteiger partial charge < -0.3 is 11.1 Å². The van der Waals surface area contributed by atoms with Gasteiger partial charge in [-0.3, -0.25) is 0 Å². The summed E-state index contributed by atoms with van der Waals surface area (Å²) in [5.74, 6) is 2.45. The van der Waals surface area contributed by atoms with Gasteiger partial charge in [0.1, 0.15) is 5.82 Å². The predicted molar refractivity (Wildman–Crippen MR) is 61.1 cm³/mol. The molecule has 0 spiro atoms. The summed E-state index contributed by atoms with van der Waals surface area (Å²) in [6.07, 6.45) is 4.85. The molecule has 3 N–H and O–H groups in total. The highest BCUT2D eigenvalue weighted by atomic mass is 32.1. The summed E-state index contributed by atoms with van der Waals surface area (Å²) in [6, 6.07) is 0.438. The van der Waals surface area contributed by atoms with Crippen LogP contribution in [-0.4, -0.2) is 21.9 Å². The second-order valence-corrected chi connectivity index (χ2v) is 5.46. The Kier molecular flexibility index (Phi) is 2.36. The van der Waals surface area contributed by atoms with Crippen LogP contribution in [0.2, 0.25) is 0 Å². The van der Waals surface area contributed by atoms with Gasteiger partial charge in [-0.05, 0) is 31.6 Å². The van der Waals surface area contributed by atoms with E-state index in [4.69, 9.17) is 5.73 Å². The van der Waals surface area contributed by atoms with Gasteiger partial charge in [-0.25, -0.2) is 4.98 Å².